The second-order valence-electron chi connectivity index (χ2n) is 7.79. The van der Waals surface area contributed by atoms with E-state index in [0.717, 1.165) is 35.2 Å². The maximum Gasteiger partial charge on any atom is 0.220 e. The van der Waals surface area contributed by atoms with Gasteiger partial charge in [0.05, 0.1) is 7.11 Å². The Morgan fingerprint density at radius 1 is 1.32 bits per heavy atom. The third kappa shape index (κ3) is 2.39. The fraction of sp³-hybridized carbons (Fsp3) is 0.318. The van der Waals surface area contributed by atoms with Crippen molar-refractivity contribution in [3.05, 3.63) is 64.1 Å². The molecule has 1 aliphatic carbocycles. The van der Waals surface area contributed by atoms with Crippen molar-refractivity contribution in [2.75, 3.05) is 13.7 Å². The Labute approximate surface area is 167 Å². The van der Waals surface area contributed by atoms with E-state index < -0.39 is 0 Å². The second kappa shape index (κ2) is 5.98. The van der Waals surface area contributed by atoms with Gasteiger partial charge in [-0.05, 0) is 42.7 Å². The lowest BCUT2D eigenvalue weighted by atomic mass is 9.83. The molecule has 1 aliphatic heterocycles. The van der Waals surface area contributed by atoms with Crippen LogP contribution in [0.15, 0.2) is 36.4 Å². The predicted octanol–water partition coefficient (Wildman–Crippen LogP) is 4.95. The predicted molar refractivity (Wildman–Crippen MR) is 106 cm³/mol. The van der Waals surface area contributed by atoms with Crippen LogP contribution < -0.4 is 4.74 Å². The average molecular weight is 399 g/mol. The summed E-state index contributed by atoms with van der Waals surface area (Å²) in [6.07, 6.45) is 1.91. The third-order valence-corrected chi connectivity index (χ3v) is 6.37. The molecule has 0 radical (unpaired) electrons. The molecular formula is C22H20ClFN2O2. The Bertz CT molecular complexity index is 1120. The van der Waals surface area contributed by atoms with Crippen molar-refractivity contribution in [1.82, 2.24) is 9.88 Å². The number of hydrogen-bond acceptors (Lipinski definition) is 2. The average Bonchev–Trinajstić information content (AvgIpc) is 3.31. The lowest BCUT2D eigenvalue weighted by Gasteiger charge is -2.40. The molecule has 1 spiro atoms. The van der Waals surface area contributed by atoms with Crippen molar-refractivity contribution in [2.24, 2.45) is 0 Å². The molecule has 6 heteroatoms. The number of carbonyl (C=O) groups excluding carboxylic acids is 1. The molecule has 1 atom stereocenters. The van der Waals surface area contributed by atoms with Gasteiger partial charge in [-0.1, -0.05) is 23.7 Å². The largest absolute Gasteiger partial charge is 0.496 e. The van der Waals surface area contributed by atoms with Gasteiger partial charge >= 0.3 is 0 Å². The summed E-state index contributed by atoms with van der Waals surface area (Å²) < 4.78 is 20.4. The summed E-state index contributed by atoms with van der Waals surface area (Å²) in [6.45, 7) is 2.16. The van der Waals surface area contributed by atoms with Crippen molar-refractivity contribution < 1.29 is 13.9 Å². The highest BCUT2D eigenvalue weighted by molar-refractivity contribution is 6.30. The number of nitrogens with zero attached hydrogens (tertiary/aromatic N) is 1. The number of rotatable bonds is 2. The van der Waals surface area contributed by atoms with E-state index in [0.29, 0.717) is 22.7 Å². The molecule has 1 N–H and O–H groups in total. The molecule has 144 valence electrons. The van der Waals surface area contributed by atoms with Gasteiger partial charge in [0.1, 0.15) is 17.6 Å². The van der Waals surface area contributed by atoms with Gasteiger partial charge in [0.2, 0.25) is 5.91 Å². The number of benzene rings is 2. The monoisotopic (exact) mass is 398 g/mol. The Hall–Kier alpha value is -2.53. The van der Waals surface area contributed by atoms with Gasteiger partial charge in [0, 0.05) is 46.1 Å². The zero-order valence-corrected chi connectivity index (χ0v) is 16.4. The summed E-state index contributed by atoms with van der Waals surface area (Å²) >= 11 is 6.16. The molecule has 0 unspecified atom stereocenters. The van der Waals surface area contributed by atoms with E-state index in [4.69, 9.17) is 16.3 Å². The van der Waals surface area contributed by atoms with Crippen molar-refractivity contribution in [1.29, 1.82) is 0 Å². The minimum absolute atomic E-state index is 0.0157. The van der Waals surface area contributed by atoms with Crippen molar-refractivity contribution in [3.63, 3.8) is 0 Å². The van der Waals surface area contributed by atoms with Crippen LogP contribution in [0.5, 0.6) is 5.75 Å². The highest BCUT2D eigenvalue weighted by Crippen LogP contribution is 2.58. The van der Waals surface area contributed by atoms with Crippen LogP contribution in [0.1, 0.15) is 42.6 Å². The topological polar surface area (TPSA) is 45.3 Å². The van der Waals surface area contributed by atoms with E-state index in [1.165, 1.54) is 6.07 Å². The van der Waals surface area contributed by atoms with Gasteiger partial charge in [0.15, 0.2) is 0 Å². The highest BCUT2D eigenvalue weighted by atomic mass is 35.5. The number of amides is 1. The van der Waals surface area contributed by atoms with Crippen LogP contribution in [0, 0.1) is 5.82 Å². The summed E-state index contributed by atoms with van der Waals surface area (Å²) in [5, 5.41) is 1.21. The van der Waals surface area contributed by atoms with E-state index >= 15 is 0 Å². The van der Waals surface area contributed by atoms with Crippen LogP contribution in [-0.2, 0) is 10.2 Å². The number of carbonyl (C=O) groups is 1. The van der Waals surface area contributed by atoms with Crippen molar-refractivity contribution in [3.8, 4) is 5.75 Å². The fourth-order valence-electron chi connectivity index (χ4n) is 4.72. The number of ether oxygens (including phenoxy) is 1. The van der Waals surface area contributed by atoms with Crippen LogP contribution in [-0.4, -0.2) is 29.4 Å². The number of hydrogen-bond donors (Lipinski definition) is 1. The van der Waals surface area contributed by atoms with Gasteiger partial charge in [-0.2, -0.15) is 0 Å². The summed E-state index contributed by atoms with van der Waals surface area (Å²) in [5.74, 6) is 0.373. The summed E-state index contributed by atoms with van der Waals surface area (Å²) in [5.41, 5.74) is 3.32. The Balaban J connectivity index is 1.82. The summed E-state index contributed by atoms with van der Waals surface area (Å²) in [4.78, 5) is 17.9. The van der Waals surface area contributed by atoms with E-state index in [-0.39, 0.29) is 23.2 Å². The second-order valence-corrected chi connectivity index (χ2v) is 8.23. The first-order valence-corrected chi connectivity index (χ1v) is 9.74. The molecule has 2 heterocycles. The molecule has 0 bridgehead atoms. The number of nitrogens with one attached hydrogen (secondary N) is 1. The molecule has 4 nitrogen and oxygen atoms in total. The molecule has 1 aromatic heterocycles. The standard InChI is InChI=1S/C22H20ClFN2O2/c1-12(27)26-11-22(8-9-22)19-18-15(24)4-3-5-16(18)25-20(19)21(26)14-7-6-13(23)10-17(14)28-2/h3-7,10,21,25H,8-9,11H2,1-2H3/t21-/m0/s1. The number of halogens is 2. The lowest BCUT2D eigenvalue weighted by Crippen LogP contribution is -2.44. The third-order valence-electron chi connectivity index (χ3n) is 6.14. The summed E-state index contributed by atoms with van der Waals surface area (Å²) in [6, 6.07) is 10.2. The molecule has 0 saturated heterocycles. The van der Waals surface area contributed by atoms with Gasteiger partial charge < -0.3 is 14.6 Å². The molecule has 2 aromatic carbocycles. The first-order chi connectivity index (χ1) is 13.4. The highest BCUT2D eigenvalue weighted by Gasteiger charge is 2.55. The number of methoxy groups -OCH3 is 1. The fourth-order valence-corrected chi connectivity index (χ4v) is 4.88. The minimum atomic E-state index is -0.377. The van der Waals surface area contributed by atoms with Crippen LogP contribution in [0.4, 0.5) is 4.39 Å². The molecule has 3 aromatic rings. The summed E-state index contributed by atoms with van der Waals surface area (Å²) in [7, 11) is 1.59. The zero-order chi connectivity index (χ0) is 19.6. The number of fused-ring (bicyclic) bond motifs is 4. The number of aromatic amines is 1. The van der Waals surface area contributed by atoms with E-state index in [1.807, 2.05) is 17.0 Å². The first kappa shape index (κ1) is 17.6. The molecule has 1 amide bonds. The van der Waals surface area contributed by atoms with E-state index in [9.17, 15) is 9.18 Å². The smallest absolute Gasteiger partial charge is 0.220 e. The van der Waals surface area contributed by atoms with Crippen LogP contribution in [0.25, 0.3) is 10.9 Å². The maximum absolute atomic E-state index is 14.8. The lowest BCUT2D eigenvalue weighted by molar-refractivity contribution is -0.131. The maximum atomic E-state index is 14.8. The van der Waals surface area contributed by atoms with Crippen molar-refractivity contribution in [2.45, 2.75) is 31.2 Å². The van der Waals surface area contributed by atoms with Crippen LogP contribution in [0.2, 0.25) is 5.02 Å². The quantitative estimate of drug-likeness (QED) is 0.663. The zero-order valence-electron chi connectivity index (χ0n) is 15.7. The van der Waals surface area contributed by atoms with Gasteiger partial charge in [-0.15, -0.1) is 0 Å². The van der Waals surface area contributed by atoms with Crippen molar-refractivity contribution >= 4 is 28.4 Å². The Kier molecular flexibility index (Phi) is 3.75. The molecule has 28 heavy (non-hydrogen) atoms. The Morgan fingerprint density at radius 3 is 2.79 bits per heavy atom. The van der Waals surface area contributed by atoms with Crippen LogP contribution >= 0.6 is 11.6 Å². The van der Waals surface area contributed by atoms with E-state index in [1.54, 1.807) is 32.2 Å². The normalized spacial score (nSPS) is 19.7. The van der Waals surface area contributed by atoms with E-state index in [2.05, 4.69) is 4.98 Å². The molecule has 5 rings (SSSR count). The molecule has 2 aliphatic rings. The number of H-pyrrole nitrogens is 1. The molecule has 1 saturated carbocycles. The van der Waals surface area contributed by atoms with Gasteiger partial charge in [-0.25, -0.2) is 4.39 Å². The molecule has 1 fully saturated rings. The number of aromatic nitrogens is 1. The first-order valence-electron chi connectivity index (χ1n) is 9.36. The minimum Gasteiger partial charge on any atom is -0.496 e. The SMILES string of the molecule is COc1cc(Cl)ccc1[C@H]1c2[nH]c3cccc(F)c3c2C2(CC2)CN1C(C)=O. The molecular weight excluding hydrogens is 379 g/mol. The van der Waals surface area contributed by atoms with Gasteiger partial charge in [0.25, 0.3) is 0 Å². The van der Waals surface area contributed by atoms with Crippen LogP contribution in [0.3, 0.4) is 0 Å². The Morgan fingerprint density at radius 2 is 2.11 bits per heavy atom. The van der Waals surface area contributed by atoms with Gasteiger partial charge in [-0.3, -0.25) is 4.79 Å².